The topological polar surface area (TPSA) is 57.3 Å². The molecule has 2 N–H and O–H groups in total. The highest BCUT2D eigenvalue weighted by molar-refractivity contribution is 7.09. The quantitative estimate of drug-likeness (QED) is 0.904. The molecule has 2 heterocycles. The fourth-order valence-electron chi connectivity index (χ4n) is 2.66. The van der Waals surface area contributed by atoms with Gasteiger partial charge in [0.2, 0.25) is 0 Å². The van der Waals surface area contributed by atoms with Crippen LogP contribution in [0.15, 0.2) is 29.8 Å². The standard InChI is InChI=1S/C16H19FN4OS/c1-11-15(23-10-19-11)8-18-16(22)20-13-6-7-21(9-13)14-4-2-12(17)3-5-14/h2-5,10,13H,6-9H2,1H3,(H2,18,20,22). The van der Waals surface area contributed by atoms with Crippen molar-refractivity contribution in [1.29, 1.82) is 0 Å². The van der Waals surface area contributed by atoms with Gasteiger partial charge in [0.25, 0.3) is 0 Å². The highest BCUT2D eigenvalue weighted by Crippen LogP contribution is 2.20. The van der Waals surface area contributed by atoms with Crippen molar-refractivity contribution in [2.45, 2.75) is 25.9 Å². The Morgan fingerprint density at radius 3 is 2.91 bits per heavy atom. The van der Waals surface area contributed by atoms with Gasteiger partial charge in [-0.05, 0) is 37.6 Å². The molecule has 5 nitrogen and oxygen atoms in total. The van der Waals surface area contributed by atoms with Crippen LogP contribution in [0.2, 0.25) is 0 Å². The highest BCUT2D eigenvalue weighted by atomic mass is 32.1. The molecule has 1 aromatic heterocycles. The number of urea groups is 1. The van der Waals surface area contributed by atoms with E-state index in [4.69, 9.17) is 0 Å². The average molecular weight is 334 g/mol. The fraction of sp³-hybridized carbons (Fsp3) is 0.375. The summed E-state index contributed by atoms with van der Waals surface area (Å²) in [6, 6.07) is 6.39. The van der Waals surface area contributed by atoms with E-state index >= 15 is 0 Å². The van der Waals surface area contributed by atoms with E-state index < -0.39 is 0 Å². The van der Waals surface area contributed by atoms with Crippen LogP contribution in [0.4, 0.5) is 14.9 Å². The maximum Gasteiger partial charge on any atom is 0.315 e. The Hall–Kier alpha value is -2.15. The summed E-state index contributed by atoms with van der Waals surface area (Å²) < 4.78 is 13.0. The molecular formula is C16H19FN4OS. The van der Waals surface area contributed by atoms with Crippen molar-refractivity contribution in [2.24, 2.45) is 0 Å². The number of hydrogen-bond donors (Lipinski definition) is 2. The minimum atomic E-state index is -0.236. The SMILES string of the molecule is Cc1ncsc1CNC(=O)NC1CCN(c2ccc(F)cc2)C1. The summed E-state index contributed by atoms with van der Waals surface area (Å²) in [5.74, 6) is -0.236. The van der Waals surface area contributed by atoms with Crippen LogP contribution in [0, 0.1) is 12.7 Å². The Kier molecular flexibility index (Phi) is 4.76. The molecule has 2 aromatic rings. The van der Waals surface area contributed by atoms with Crippen molar-refractivity contribution < 1.29 is 9.18 Å². The maximum atomic E-state index is 13.0. The number of thiazole rings is 1. The van der Waals surface area contributed by atoms with Crippen molar-refractivity contribution in [3.05, 3.63) is 46.2 Å². The second kappa shape index (κ2) is 6.95. The van der Waals surface area contributed by atoms with Gasteiger partial charge in [0.1, 0.15) is 5.82 Å². The number of hydrogen-bond acceptors (Lipinski definition) is 4. The van der Waals surface area contributed by atoms with Crippen molar-refractivity contribution in [1.82, 2.24) is 15.6 Å². The summed E-state index contributed by atoms with van der Waals surface area (Å²) in [6.07, 6.45) is 0.879. The third-order valence-electron chi connectivity index (χ3n) is 3.97. The summed E-state index contributed by atoms with van der Waals surface area (Å²) in [5.41, 5.74) is 3.72. The van der Waals surface area contributed by atoms with Gasteiger partial charge in [0.15, 0.2) is 0 Å². The predicted octanol–water partition coefficient (Wildman–Crippen LogP) is 2.67. The van der Waals surface area contributed by atoms with Gasteiger partial charge >= 0.3 is 6.03 Å². The number of anilines is 1. The van der Waals surface area contributed by atoms with E-state index in [0.29, 0.717) is 6.54 Å². The Bertz CT molecular complexity index is 673. The number of aryl methyl sites for hydroxylation is 1. The van der Waals surface area contributed by atoms with E-state index in [1.807, 2.05) is 6.92 Å². The summed E-state index contributed by atoms with van der Waals surface area (Å²) in [7, 11) is 0. The number of benzene rings is 1. The normalized spacial score (nSPS) is 17.3. The van der Waals surface area contributed by atoms with E-state index in [-0.39, 0.29) is 17.9 Å². The van der Waals surface area contributed by atoms with Crippen LogP contribution in [0.3, 0.4) is 0 Å². The molecule has 1 atom stereocenters. The monoisotopic (exact) mass is 334 g/mol. The van der Waals surface area contributed by atoms with Gasteiger partial charge in [-0.1, -0.05) is 0 Å². The van der Waals surface area contributed by atoms with Crippen molar-refractivity contribution in [3.63, 3.8) is 0 Å². The minimum Gasteiger partial charge on any atom is -0.369 e. The van der Waals surface area contributed by atoms with Crippen molar-refractivity contribution in [2.75, 3.05) is 18.0 Å². The van der Waals surface area contributed by atoms with Crippen LogP contribution in [-0.2, 0) is 6.54 Å². The molecule has 0 saturated carbocycles. The molecule has 122 valence electrons. The number of nitrogens with zero attached hydrogens (tertiary/aromatic N) is 2. The number of aromatic nitrogens is 1. The number of nitrogens with one attached hydrogen (secondary N) is 2. The number of halogens is 1. The molecule has 1 unspecified atom stereocenters. The van der Waals surface area contributed by atoms with E-state index in [1.165, 1.54) is 12.1 Å². The van der Waals surface area contributed by atoms with E-state index in [2.05, 4.69) is 20.5 Å². The summed E-state index contributed by atoms with van der Waals surface area (Å²) in [4.78, 5) is 19.4. The zero-order chi connectivity index (χ0) is 16.2. The lowest BCUT2D eigenvalue weighted by atomic mass is 10.2. The summed E-state index contributed by atoms with van der Waals surface area (Å²) in [6.45, 7) is 4.02. The van der Waals surface area contributed by atoms with Crippen LogP contribution in [0.5, 0.6) is 0 Å². The molecule has 1 saturated heterocycles. The first kappa shape index (κ1) is 15.7. The molecular weight excluding hydrogens is 315 g/mol. The number of carbonyl (C=O) groups excluding carboxylic acids is 1. The van der Waals surface area contributed by atoms with Gasteiger partial charge in [-0.3, -0.25) is 0 Å². The molecule has 1 aromatic carbocycles. The lowest BCUT2D eigenvalue weighted by Crippen LogP contribution is -2.43. The van der Waals surface area contributed by atoms with Crippen LogP contribution >= 0.6 is 11.3 Å². The first-order valence-corrected chi connectivity index (χ1v) is 8.43. The molecule has 2 amide bonds. The molecule has 1 fully saturated rings. The largest absolute Gasteiger partial charge is 0.369 e. The number of carbonyl (C=O) groups is 1. The third-order valence-corrected chi connectivity index (χ3v) is 4.90. The number of amides is 2. The predicted molar refractivity (Wildman–Crippen MR) is 89.2 cm³/mol. The van der Waals surface area contributed by atoms with Gasteiger partial charge in [0, 0.05) is 29.7 Å². The Morgan fingerprint density at radius 2 is 2.22 bits per heavy atom. The summed E-state index contributed by atoms with van der Waals surface area (Å²) in [5, 5.41) is 5.86. The second-order valence-corrected chi connectivity index (χ2v) is 6.54. The Balaban J connectivity index is 1.47. The molecule has 1 aliphatic rings. The van der Waals surface area contributed by atoms with Crippen LogP contribution in [-0.4, -0.2) is 30.1 Å². The van der Waals surface area contributed by atoms with Crippen LogP contribution < -0.4 is 15.5 Å². The Labute approximate surface area is 138 Å². The smallest absolute Gasteiger partial charge is 0.315 e. The fourth-order valence-corrected chi connectivity index (χ4v) is 3.37. The average Bonchev–Trinajstić information content (AvgIpc) is 3.15. The van der Waals surface area contributed by atoms with Gasteiger partial charge in [0.05, 0.1) is 17.7 Å². The summed E-state index contributed by atoms with van der Waals surface area (Å²) >= 11 is 1.54. The zero-order valence-electron chi connectivity index (χ0n) is 12.9. The molecule has 3 rings (SSSR count). The van der Waals surface area contributed by atoms with Crippen molar-refractivity contribution in [3.8, 4) is 0 Å². The maximum absolute atomic E-state index is 13.0. The molecule has 0 bridgehead atoms. The van der Waals surface area contributed by atoms with Crippen LogP contribution in [0.25, 0.3) is 0 Å². The van der Waals surface area contributed by atoms with E-state index in [1.54, 1.807) is 29.0 Å². The lowest BCUT2D eigenvalue weighted by Gasteiger charge is -2.19. The first-order valence-electron chi connectivity index (χ1n) is 7.55. The molecule has 1 aliphatic heterocycles. The van der Waals surface area contributed by atoms with Gasteiger partial charge in [-0.25, -0.2) is 14.2 Å². The Morgan fingerprint density at radius 1 is 1.43 bits per heavy atom. The number of rotatable bonds is 4. The molecule has 0 radical (unpaired) electrons. The molecule has 7 heteroatoms. The van der Waals surface area contributed by atoms with Crippen LogP contribution in [0.1, 0.15) is 17.0 Å². The molecule has 0 aliphatic carbocycles. The van der Waals surface area contributed by atoms with Gasteiger partial charge < -0.3 is 15.5 Å². The zero-order valence-corrected chi connectivity index (χ0v) is 13.7. The third kappa shape index (κ3) is 3.98. The van der Waals surface area contributed by atoms with Crippen molar-refractivity contribution >= 4 is 23.1 Å². The van der Waals surface area contributed by atoms with E-state index in [0.717, 1.165) is 35.8 Å². The molecule has 0 spiro atoms. The second-order valence-electron chi connectivity index (χ2n) is 5.60. The van der Waals surface area contributed by atoms with Gasteiger partial charge in [-0.2, -0.15) is 0 Å². The highest BCUT2D eigenvalue weighted by Gasteiger charge is 2.24. The first-order chi connectivity index (χ1) is 11.1. The minimum absolute atomic E-state index is 0.0996. The molecule has 23 heavy (non-hydrogen) atoms. The van der Waals surface area contributed by atoms with Gasteiger partial charge in [-0.15, -0.1) is 11.3 Å². The lowest BCUT2D eigenvalue weighted by molar-refractivity contribution is 0.237. The van der Waals surface area contributed by atoms with E-state index in [9.17, 15) is 9.18 Å².